The molecule has 0 saturated heterocycles. The summed E-state index contributed by atoms with van der Waals surface area (Å²) >= 11 is 0. The largest absolute Gasteiger partial charge is 0.399 e. The Morgan fingerprint density at radius 2 is 1.44 bits per heavy atom. The number of nitrogen functional groups attached to an aromatic ring is 2. The van der Waals surface area contributed by atoms with Gasteiger partial charge in [0.05, 0.1) is 0 Å². The SMILES string of the molecule is Nc1ccc(-c2ccc(F)c(N)c2F)cc1. The highest BCUT2D eigenvalue weighted by atomic mass is 19.1. The fraction of sp³-hybridized carbons (Fsp3) is 0. The topological polar surface area (TPSA) is 52.0 Å². The predicted octanol–water partition coefficient (Wildman–Crippen LogP) is 2.80. The molecule has 0 atom stereocenters. The summed E-state index contributed by atoms with van der Waals surface area (Å²) in [5.41, 5.74) is 11.8. The van der Waals surface area contributed by atoms with Crippen LogP contribution in [-0.2, 0) is 0 Å². The van der Waals surface area contributed by atoms with Crippen molar-refractivity contribution >= 4 is 11.4 Å². The van der Waals surface area contributed by atoms with E-state index < -0.39 is 17.3 Å². The first-order chi connectivity index (χ1) is 7.59. The lowest BCUT2D eigenvalue weighted by Gasteiger charge is -2.06. The van der Waals surface area contributed by atoms with Gasteiger partial charge in [0.15, 0.2) is 5.82 Å². The minimum atomic E-state index is -0.753. The molecule has 0 aliphatic heterocycles. The molecular formula is C12H10F2N2. The number of benzene rings is 2. The van der Waals surface area contributed by atoms with Gasteiger partial charge in [-0.3, -0.25) is 0 Å². The van der Waals surface area contributed by atoms with Gasteiger partial charge in [0.1, 0.15) is 11.5 Å². The van der Waals surface area contributed by atoms with E-state index in [1.807, 2.05) is 0 Å². The third-order valence-electron chi connectivity index (χ3n) is 2.35. The van der Waals surface area contributed by atoms with Gasteiger partial charge in [0.2, 0.25) is 0 Å². The first-order valence-electron chi connectivity index (χ1n) is 4.69. The van der Waals surface area contributed by atoms with Crippen LogP contribution in [0.15, 0.2) is 36.4 Å². The maximum absolute atomic E-state index is 13.7. The molecule has 0 radical (unpaired) electrons. The number of rotatable bonds is 1. The Morgan fingerprint density at radius 3 is 2.06 bits per heavy atom. The number of nitrogens with two attached hydrogens (primary N) is 2. The summed E-state index contributed by atoms with van der Waals surface area (Å²) in [5.74, 6) is -1.50. The molecule has 0 unspecified atom stereocenters. The molecule has 0 bridgehead atoms. The highest BCUT2D eigenvalue weighted by molar-refractivity contribution is 5.70. The van der Waals surface area contributed by atoms with E-state index >= 15 is 0 Å². The van der Waals surface area contributed by atoms with Gasteiger partial charge in [0, 0.05) is 11.3 Å². The van der Waals surface area contributed by atoms with Gasteiger partial charge < -0.3 is 11.5 Å². The average Bonchev–Trinajstić information content (AvgIpc) is 2.28. The monoisotopic (exact) mass is 220 g/mol. The van der Waals surface area contributed by atoms with Crippen LogP contribution in [0.3, 0.4) is 0 Å². The van der Waals surface area contributed by atoms with E-state index in [1.54, 1.807) is 24.3 Å². The first kappa shape index (κ1) is 10.4. The first-order valence-corrected chi connectivity index (χ1v) is 4.69. The second-order valence-corrected chi connectivity index (χ2v) is 3.44. The van der Waals surface area contributed by atoms with Crippen molar-refractivity contribution in [3.63, 3.8) is 0 Å². The van der Waals surface area contributed by atoms with Crippen molar-refractivity contribution in [2.45, 2.75) is 0 Å². The molecule has 2 aromatic carbocycles. The molecule has 0 aliphatic carbocycles. The number of anilines is 2. The molecular weight excluding hydrogens is 210 g/mol. The molecule has 0 amide bonds. The van der Waals surface area contributed by atoms with Gasteiger partial charge in [-0.1, -0.05) is 12.1 Å². The van der Waals surface area contributed by atoms with Gasteiger partial charge in [0.25, 0.3) is 0 Å². The molecule has 82 valence electrons. The summed E-state index contributed by atoms with van der Waals surface area (Å²) in [4.78, 5) is 0. The zero-order valence-electron chi connectivity index (χ0n) is 8.37. The van der Waals surface area contributed by atoms with Crippen LogP contribution in [0.5, 0.6) is 0 Å². The molecule has 16 heavy (non-hydrogen) atoms. The Bertz CT molecular complexity index is 521. The summed E-state index contributed by atoms with van der Waals surface area (Å²) in [6.07, 6.45) is 0. The Kier molecular flexibility index (Phi) is 2.48. The molecule has 2 aromatic rings. The Labute approximate surface area is 91.5 Å². The van der Waals surface area contributed by atoms with E-state index in [0.29, 0.717) is 11.3 Å². The Balaban J connectivity index is 2.57. The molecule has 2 nitrogen and oxygen atoms in total. The summed E-state index contributed by atoms with van der Waals surface area (Å²) in [6.45, 7) is 0. The van der Waals surface area contributed by atoms with E-state index in [9.17, 15) is 8.78 Å². The third kappa shape index (κ3) is 1.69. The molecule has 0 aromatic heterocycles. The Morgan fingerprint density at radius 1 is 0.812 bits per heavy atom. The summed E-state index contributed by atoms with van der Waals surface area (Å²) in [7, 11) is 0. The van der Waals surface area contributed by atoms with Crippen LogP contribution >= 0.6 is 0 Å². The van der Waals surface area contributed by atoms with Crippen molar-refractivity contribution in [3.05, 3.63) is 48.0 Å². The van der Waals surface area contributed by atoms with Crippen LogP contribution in [0.1, 0.15) is 0 Å². The molecule has 0 saturated carbocycles. The second kappa shape index (κ2) is 3.81. The maximum Gasteiger partial charge on any atom is 0.156 e. The van der Waals surface area contributed by atoms with Gasteiger partial charge in [-0.2, -0.15) is 0 Å². The zero-order chi connectivity index (χ0) is 11.7. The summed E-state index contributed by atoms with van der Waals surface area (Å²) in [5, 5.41) is 0. The average molecular weight is 220 g/mol. The lowest BCUT2D eigenvalue weighted by Crippen LogP contribution is -1.97. The van der Waals surface area contributed by atoms with Crippen molar-refractivity contribution in [2.24, 2.45) is 0 Å². The summed E-state index contributed by atoms with van der Waals surface area (Å²) < 4.78 is 26.6. The summed E-state index contributed by atoms with van der Waals surface area (Å²) in [6, 6.07) is 9.11. The molecule has 0 heterocycles. The number of hydrogen-bond donors (Lipinski definition) is 2. The minimum Gasteiger partial charge on any atom is -0.399 e. The molecule has 2 rings (SSSR count). The van der Waals surface area contributed by atoms with Crippen LogP contribution < -0.4 is 11.5 Å². The third-order valence-corrected chi connectivity index (χ3v) is 2.35. The van der Waals surface area contributed by atoms with Crippen molar-refractivity contribution < 1.29 is 8.78 Å². The quantitative estimate of drug-likeness (QED) is 0.726. The van der Waals surface area contributed by atoms with Gasteiger partial charge in [-0.15, -0.1) is 0 Å². The van der Waals surface area contributed by atoms with Crippen LogP contribution in [0, 0.1) is 11.6 Å². The maximum atomic E-state index is 13.7. The molecule has 0 spiro atoms. The van der Waals surface area contributed by atoms with Gasteiger partial charge in [-0.05, 0) is 29.8 Å². The van der Waals surface area contributed by atoms with Crippen molar-refractivity contribution in [3.8, 4) is 11.1 Å². The van der Waals surface area contributed by atoms with Gasteiger partial charge in [-0.25, -0.2) is 8.78 Å². The van der Waals surface area contributed by atoms with Crippen LogP contribution in [0.2, 0.25) is 0 Å². The van der Waals surface area contributed by atoms with E-state index in [-0.39, 0.29) is 5.56 Å². The van der Waals surface area contributed by atoms with E-state index in [0.717, 1.165) is 6.07 Å². The zero-order valence-corrected chi connectivity index (χ0v) is 8.37. The lowest BCUT2D eigenvalue weighted by atomic mass is 10.0. The standard InChI is InChI=1S/C12H10F2N2/c13-10-6-5-9(11(14)12(10)16)7-1-3-8(15)4-2-7/h1-6H,15-16H2. The van der Waals surface area contributed by atoms with E-state index in [4.69, 9.17) is 11.5 Å². The fourth-order valence-corrected chi connectivity index (χ4v) is 1.45. The normalized spacial score (nSPS) is 10.4. The predicted molar refractivity (Wildman–Crippen MR) is 60.6 cm³/mol. The highest BCUT2D eigenvalue weighted by Crippen LogP contribution is 2.28. The van der Waals surface area contributed by atoms with E-state index in [2.05, 4.69) is 0 Å². The molecule has 4 N–H and O–H groups in total. The fourth-order valence-electron chi connectivity index (χ4n) is 1.45. The van der Waals surface area contributed by atoms with Crippen molar-refractivity contribution in [2.75, 3.05) is 11.5 Å². The van der Waals surface area contributed by atoms with Crippen molar-refractivity contribution in [1.82, 2.24) is 0 Å². The highest BCUT2D eigenvalue weighted by Gasteiger charge is 2.11. The van der Waals surface area contributed by atoms with Crippen LogP contribution in [-0.4, -0.2) is 0 Å². The van der Waals surface area contributed by atoms with Crippen LogP contribution in [0.25, 0.3) is 11.1 Å². The second-order valence-electron chi connectivity index (χ2n) is 3.44. The van der Waals surface area contributed by atoms with E-state index in [1.165, 1.54) is 6.07 Å². The van der Waals surface area contributed by atoms with Crippen molar-refractivity contribution in [1.29, 1.82) is 0 Å². The lowest BCUT2D eigenvalue weighted by molar-refractivity contribution is 0.594. The van der Waals surface area contributed by atoms with Crippen LogP contribution in [0.4, 0.5) is 20.2 Å². The number of hydrogen-bond acceptors (Lipinski definition) is 2. The molecule has 4 heteroatoms. The Hall–Kier alpha value is -2.10. The molecule has 0 aliphatic rings. The smallest absolute Gasteiger partial charge is 0.156 e. The van der Waals surface area contributed by atoms with Gasteiger partial charge >= 0.3 is 0 Å². The number of halogens is 2. The molecule has 0 fully saturated rings. The minimum absolute atomic E-state index is 0.263.